The maximum atomic E-state index is 11.8. The number of hydrogen-bond donors (Lipinski definition) is 1. The van der Waals surface area contributed by atoms with Crippen LogP contribution in [0.4, 0.5) is 0 Å². The molecule has 2 aromatic heterocycles. The van der Waals surface area contributed by atoms with E-state index in [0.29, 0.717) is 6.54 Å². The molecule has 3 aromatic rings. The van der Waals surface area contributed by atoms with Crippen LogP contribution >= 0.6 is 11.8 Å². The average Bonchev–Trinajstić information content (AvgIpc) is 3.01. The van der Waals surface area contributed by atoms with Gasteiger partial charge in [0.1, 0.15) is 5.25 Å². The van der Waals surface area contributed by atoms with Crippen molar-refractivity contribution in [1.29, 1.82) is 0 Å². The number of nitrogens with two attached hydrogens (primary N) is 1. The summed E-state index contributed by atoms with van der Waals surface area (Å²) in [5.74, 6) is -0.381. The summed E-state index contributed by atoms with van der Waals surface area (Å²) >= 11 is 1.35. The van der Waals surface area contributed by atoms with Crippen molar-refractivity contribution < 1.29 is 4.79 Å². The second-order valence-corrected chi connectivity index (χ2v) is 6.04. The number of rotatable bonds is 6. The van der Waals surface area contributed by atoms with Crippen molar-refractivity contribution in [3.05, 3.63) is 78.4 Å². The zero-order valence-electron chi connectivity index (χ0n) is 12.4. The smallest absolute Gasteiger partial charge is 0.235 e. The van der Waals surface area contributed by atoms with Crippen LogP contribution in [0.5, 0.6) is 0 Å². The number of hydrogen-bond acceptors (Lipinski definition) is 4. The van der Waals surface area contributed by atoms with E-state index in [-0.39, 0.29) is 5.91 Å². The Morgan fingerprint density at radius 3 is 2.57 bits per heavy atom. The molecule has 0 aliphatic carbocycles. The highest BCUT2D eigenvalue weighted by Crippen LogP contribution is 2.34. The Labute approximate surface area is 138 Å². The van der Waals surface area contributed by atoms with Crippen molar-refractivity contribution in [3.8, 4) is 0 Å². The summed E-state index contributed by atoms with van der Waals surface area (Å²) in [6.07, 6.45) is 5.35. The number of nitrogens with zero attached hydrogens (tertiary/aromatic N) is 3. The first-order valence-electron chi connectivity index (χ1n) is 7.16. The summed E-state index contributed by atoms with van der Waals surface area (Å²) in [4.78, 5) is 20.5. The van der Waals surface area contributed by atoms with Crippen molar-refractivity contribution in [2.75, 3.05) is 0 Å². The lowest BCUT2D eigenvalue weighted by molar-refractivity contribution is -0.117. The summed E-state index contributed by atoms with van der Waals surface area (Å²) in [6, 6.07) is 15.3. The van der Waals surface area contributed by atoms with Crippen molar-refractivity contribution in [1.82, 2.24) is 14.5 Å². The van der Waals surface area contributed by atoms with Gasteiger partial charge in [-0.2, -0.15) is 0 Å². The number of benzene rings is 1. The Morgan fingerprint density at radius 1 is 1.09 bits per heavy atom. The molecule has 0 aliphatic rings. The van der Waals surface area contributed by atoms with Gasteiger partial charge in [-0.25, -0.2) is 4.98 Å². The molecule has 2 N–H and O–H groups in total. The number of carbonyl (C=O) groups excluding carboxylic acids is 1. The molecule has 1 aromatic carbocycles. The van der Waals surface area contributed by atoms with Crippen molar-refractivity contribution >= 4 is 17.7 Å². The van der Waals surface area contributed by atoms with Gasteiger partial charge in [-0.05, 0) is 17.7 Å². The van der Waals surface area contributed by atoms with E-state index in [1.54, 1.807) is 12.4 Å². The first-order valence-corrected chi connectivity index (χ1v) is 8.04. The van der Waals surface area contributed by atoms with Crippen LogP contribution in [-0.2, 0) is 11.3 Å². The summed E-state index contributed by atoms with van der Waals surface area (Å²) in [5.41, 5.74) is 7.38. The number of imidazole rings is 1. The monoisotopic (exact) mass is 324 g/mol. The number of primary amides is 1. The number of amides is 1. The fourth-order valence-corrected chi connectivity index (χ4v) is 3.23. The minimum Gasteiger partial charge on any atom is -0.368 e. The normalized spacial score (nSPS) is 12.0. The molecule has 0 aliphatic heterocycles. The zero-order valence-corrected chi connectivity index (χ0v) is 13.2. The van der Waals surface area contributed by atoms with Gasteiger partial charge in [0.2, 0.25) is 5.91 Å². The van der Waals surface area contributed by atoms with E-state index in [0.717, 1.165) is 16.4 Å². The van der Waals surface area contributed by atoms with Gasteiger partial charge in [0.25, 0.3) is 0 Å². The first-order chi connectivity index (χ1) is 11.2. The van der Waals surface area contributed by atoms with Gasteiger partial charge in [-0.15, -0.1) is 0 Å². The minimum atomic E-state index is -0.471. The van der Waals surface area contributed by atoms with Crippen LogP contribution in [0, 0.1) is 0 Å². The molecule has 0 unspecified atom stereocenters. The largest absolute Gasteiger partial charge is 0.368 e. The number of carbonyl (C=O) groups is 1. The average molecular weight is 324 g/mol. The van der Waals surface area contributed by atoms with Gasteiger partial charge in [0.05, 0.1) is 12.2 Å². The third kappa shape index (κ3) is 3.78. The van der Waals surface area contributed by atoms with Crippen molar-refractivity contribution in [2.24, 2.45) is 5.73 Å². The molecule has 1 amide bonds. The summed E-state index contributed by atoms with van der Waals surface area (Å²) in [6.45, 7) is 0.601. The molecular weight excluding hydrogens is 308 g/mol. The van der Waals surface area contributed by atoms with E-state index in [2.05, 4.69) is 9.97 Å². The minimum absolute atomic E-state index is 0.381. The summed E-state index contributed by atoms with van der Waals surface area (Å²) < 4.78 is 1.96. The molecular formula is C17H16N4OS. The van der Waals surface area contributed by atoms with Crippen molar-refractivity contribution in [2.45, 2.75) is 17.0 Å². The van der Waals surface area contributed by atoms with Crippen LogP contribution < -0.4 is 5.73 Å². The van der Waals surface area contributed by atoms with E-state index >= 15 is 0 Å². The van der Waals surface area contributed by atoms with E-state index < -0.39 is 5.25 Å². The molecule has 6 heteroatoms. The molecule has 23 heavy (non-hydrogen) atoms. The fourth-order valence-electron chi connectivity index (χ4n) is 2.22. The Hall–Kier alpha value is -2.60. The van der Waals surface area contributed by atoms with Gasteiger partial charge in [0, 0.05) is 18.6 Å². The lowest BCUT2D eigenvalue weighted by Crippen LogP contribution is -2.19. The van der Waals surface area contributed by atoms with E-state index in [1.807, 2.05) is 59.3 Å². The number of thioether (sulfide) groups is 1. The van der Waals surface area contributed by atoms with E-state index in [9.17, 15) is 4.79 Å². The second kappa shape index (κ2) is 7.11. The van der Waals surface area contributed by atoms with Gasteiger partial charge >= 0.3 is 0 Å². The van der Waals surface area contributed by atoms with Crippen LogP contribution in [0.3, 0.4) is 0 Å². The summed E-state index contributed by atoms with van der Waals surface area (Å²) in [5, 5.41) is 0.268. The predicted octanol–water partition coefficient (Wildman–Crippen LogP) is 2.65. The third-order valence-corrected chi connectivity index (χ3v) is 4.61. The number of aromatic nitrogens is 3. The second-order valence-electron chi connectivity index (χ2n) is 4.97. The molecule has 3 rings (SSSR count). The maximum absolute atomic E-state index is 11.8. The zero-order chi connectivity index (χ0) is 16.1. The Balaban J connectivity index is 1.82. The van der Waals surface area contributed by atoms with Crippen LogP contribution in [0.2, 0.25) is 0 Å². The SMILES string of the molecule is NC(=O)[C@@H](Sc1nccn1Cc1ccccn1)c1ccccc1. The lowest BCUT2D eigenvalue weighted by atomic mass is 10.1. The Morgan fingerprint density at radius 2 is 1.87 bits per heavy atom. The molecule has 2 heterocycles. The quantitative estimate of drug-likeness (QED) is 0.707. The molecule has 116 valence electrons. The molecule has 0 fully saturated rings. The highest BCUT2D eigenvalue weighted by Gasteiger charge is 2.21. The maximum Gasteiger partial charge on any atom is 0.235 e. The highest BCUT2D eigenvalue weighted by atomic mass is 32.2. The van der Waals surface area contributed by atoms with Crippen LogP contribution in [-0.4, -0.2) is 20.4 Å². The molecule has 0 saturated heterocycles. The highest BCUT2D eigenvalue weighted by molar-refractivity contribution is 8.00. The van der Waals surface area contributed by atoms with Crippen LogP contribution in [0.1, 0.15) is 16.5 Å². The number of pyridine rings is 1. The third-order valence-electron chi connectivity index (χ3n) is 3.32. The lowest BCUT2D eigenvalue weighted by Gasteiger charge is -2.14. The molecule has 0 radical (unpaired) electrons. The summed E-state index contributed by atoms with van der Waals surface area (Å²) in [7, 11) is 0. The molecule has 0 saturated carbocycles. The molecule has 5 nitrogen and oxygen atoms in total. The van der Waals surface area contributed by atoms with Gasteiger partial charge in [-0.3, -0.25) is 9.78 Å². The Bertz CT molecular complexity index is 774. The first kappa shape index (κ1) is 15.3. The standard InChI is InChI=1S/C17H16N4OS/c18-16(22)15(13-6-2-1-3-7-13)23-17-20-10-11-21(17)12-14-8-4-5-9-19-14/h1-11,15H,12H2,(H2,18,22)/t15-/m0/s1. The van der Waals surface area contributed by atoms with E-state index in [4.69, 9.17) is 5.73 Å². The van der Waals surface area contributed by atoms with Gasteiger partial charge < -0.3 is 10.3 Å². The van der Waals surface area contributed by atoms with Crippen LogP contribution in [0.15, 0.2) is 72.3 Å². The topological polar surface area (TPSA) is 73.8 Å². The van der Waals surface area contributed by atoms with E-state index in [1.165, 1.54) is 11.8 Å². The predicted molar refractivity (Wildman–Crippen MR) is 89.8 cm³/mol. The molecule has 0 bridgehead atoms. The molecule has 1 atom stereocenters. The van der Waals surface area contributed by atoms with Crippen LogP contribution in [0.25, 0.3) is 0 Å². The van der Waals surface area contributed by atoms with Crippen molar-refractivity contribution in [3.63, 3.8) is 0 Å². The fraction of sp³-hybridized carbons (Fsp3) is 0.118. The van der Waals surface area contributed by atoms with Gasteiger partial charge in [0.15, 0.2) is 5.16 Å². The Kier molecular flexibility index (Phi) is 4.73. The molecule has 0 spiro atoms. The van der Waals surface area contributed by atoms with Gasteiger partial charge in [-0.1, -0.05) is 48.2 Å².